The summed E-state index contributed by atoms with van der Waals surface area (Å²) in [5.41, 5.74) is 9.05. The lowest BCUT2D eigenvalue weighted by molar-refractivity contribution is 0.434. The smallest absolute Gasteiger partial charge is 0.172 e. The van der Waals surface area contributed by atoms with Gasteiger partial charge in [0, 0.05) is 11.1 Å². The van der Waals surface area contributed by atoms with Gasteiger partial charge < -0.3 is 10.3 Å². The predicted molar refractivity (Wildman–Crippen MR) is 65.2 cm³/mol. The fourth-order valence-electron chi connectivity index (χ4n) is 1.78. The van der Waals surface area contributed by atoms with Crippen LogP contribution in [-0.4, -0.2) is 5.16 Å². The number of rotatable bonds is 2. The van der Waals surface area contributed by atoms with Gasteiger partial charge in [-0.1, -0.05) is 48.8 Å². The molecule has 0 amide bonds. The van der Waals surface area contributed by atoms with Gasteiger partial charge in [0.25, 0.3) is 0 Å². The summed E-state index contributed by atoms with van der Waals surface area (Å²) >= 11 is 0. The van der Waals surface area contributed by atoms with Crippen LogP contribution in [0, 0.1) is 6.92 Å². The number of hydrogen-bond donors (Lipinski definition) is 1. The molecule has 0 atom stereocenters. The third-order valence-corrected chi connectivity index (χ3v) is 2.65. The van der Waals surface area contributed by atoms with Crippen LogP contribution in [-0.2, 0) is 0 Å². The largest absolute Gasteiger partial charge is 0.381 e. The van der Waals surface area contributed by atoms with E-state index in [0.717, 1.165) is 16.9 Å². The number of anilines is 1. The average Bonchev–Trinajstić information content (AvgIpc) is 2.61. The first-order valence-electron chi connectivity index (χ1n) is 5.41. The maximum absolute atomic E-state index is 5.80. The maximum atomic E-state index is 5.80. The Labute approximate surface area is 95.3 Å². The number of nitrogens with zero attached hydrogens (tertiary/aromatic N) is 1. The topological polar surface area (TPSA) is 52.0 Å². The molecule has 0 radical (unpaired) electrons. The van der Waals surface area contributed by atoms with Crippen LogP contribution in [0.2, 0.25) is 0 Å². The van der Waals surface area contributed by atoms with Gasteiger partial charge in [0.2, 0.25) is 0 Å². The Morgan fingerprint density at radius 2 is 1.81 bits per heavy atom. The van der Waals surface area contributed by atoms with Crippen LogP contribution in [0.15, 0.2) is 28.8 Å². The van der Waals surface area contributed by atoms with E-state index in [0.29, 0.717) is 11.7 Å². The second-order valence-electron chi connectivity index (χ2n) is 4.33. The summed E-state index contributed by atoms with van der Waals surface area (Å²) in [5.74, 6) is 1.58. The second kappa shape index (κ2) is 4.00. The minimum atomic E-state index is 0.308. The summed E-state index contributed by atoms with van der Waals surface area (Å²) in [6, 6.07) is 8.17. The van der Waals surface area contributed by atoms with Crippen molar-refractivity contribution in [2.45, 2.75) is 26.7 Å². The minimum Gasteiger partial charge on any atom is -0.381 e. The van der Waals surface area contributed by atoms with Crippen molar-refractivity contribution in [1.82, 2.24) is 5.16 Å². The predicted octanol–water partition coefficient (Wildman–Crippen LogP) is 3.36. The molecule has 0 unspecified atom stereocenters. The first-order chi connectivity index (χ1) is 7.59. The van der Waals surface area contributed by atoms with Gasteiger partial charge in [-0.25, -0.2) is 0 Å². The van der Waals surface area contributed by atoms with Crippen molar-refractivity contribution in [1.29, 1.82) is 0 Å². The van der Waals surface area contributed by atoms with Gasteiger partial charge in [-0.3, -0.25) is 0 Å². The van der Waals surface area contributed by atoms with E-state index in [1.807, 2.05) is 12.1 Å². The van der Waals surface area contributed by atoms with Crippen LogP contribution >= 0.6 is 0 Å². The van der Waals surface area contributed by atoms with Crippen molar-refractivity contribution < 1.29 is 4.52 Å². The van der Waals surface area contributed by atoms with E-state index < -0.39 is 0 Å². The van der Waals surface area contributed by atoms with E-state index >= 15 is 0 Å². The van der Waals surface area contributed by atoms with Gasteiger partial charge in [-0.15, -0.1) is 0 Å². The molecular weight excluding hydrogens is 200 g/mol. The van der Waals surface area contributed by atoms with Crippen molar-refractivity contribution >= 4 is 5.82 Å². The van der Waals surface area contributed by atoms with Crippen LogP contribution < -0.4 is 5.73 Å². The van der Waals surface area contributed by atoms with E-state index in [9.17, 15) is 0 Å². The van der Waals surface area contributed by atoms with Crippen LogP contribution in [0.3, 0.4) is 0 Å². The summed E-state index contributed by atoms with van der Waals surface area (Å²) < 4.78 is 5.31. The Hall–Kier alpha value is -1.77. The number of hydrogen-bond acceptors (Lipinski definition) is 3. The SMILES string of the molecule is Cc1ccc(-c2onc(N)c2C(C)C)cc1. The molecule has 0 bridgehead atoms. The van der Waals surface area contributed by atoms with Crippen molar-refractivity contribution in [2.75, 3.05) is 5.73 Å². The molecule has 2 aromatic rings. The first kappa shape index (κ1) is 10.7. The zero-order valence-electron chi connectivity index (χ0n) is 9.82. The fraction of sp³-hybridized carbons (Fsp3) is 0.308. The molecular formula is C13H16N2O. The summed E-state index contributed by atoms with van der Waals surface area (Å²) in [5, 5.41) is 3.84. The molecule has 0 aliphatic heterocycles. The molecule has 1 heterocycles. The molecule has 1 aromatic heterocycles. The lowest BCUT2D eigenvalue weighted by atomic mass is 9.99. The van der Waals surface area contributed by atoms with Crippen molar-refractivity contribution in [2.24, 2.45) is 0 Å². The van der Waals surface area contributed by atoms with Gasteiger partial charge in [-0.05, 0) is 12.8 Å². The minimum absolute atomic E-state index is 0.308. The summed E-state index contributed by atoms with van der Waals surface area (Å²) in [6.45, 7) is 6.23. The molecule has 0 saturated heterocycles. The molecule has 0 fully saturated rings. The number of aryl methyl sites for hydroxylation is 1. The van der Waals surface area contributed by atoms with Gasteiger partial charge in [0.05, 0.1) is 0 Å². The lowest BCUT2D eigenvalue weighted by Gasteiger charge is -2.05. The van der Waals surface area contributed by atoms with Gasteiger partial charge in [0.15, 0.2) is 11.6 Å². The molecule has 1 aromatic carbocycles. The highest BCUT2D eigenvalue weighted by Gasteiger charge is 2.18. The first-order valence-corrected chi connectivity index (χ1v) is 5.41. The van der Waals surface area contributed by atoms with E-state index in [-0.39, 0.29) is 0 Å². The number of nitrogen functional groups attached to an aromatic ring is 1. The van der Waals surface area contributed by atoms with E-state index in [4.69, 9.17) is 10.3 Å². The molecule has 0 spiro atoms. The maximum Gasteiger partial charge on any atom is 0.172 e. The summed E-state index contributed by atoms with van der Waals surface area (Å²) in [4.78, 5) is 0. The highest BCUT2D eigenvalue weighted by Crippen LogP contribution is 2.33. The summed E-state index contributed by atoms with van der Waals surface area (Å²) in [6.07, 6.45) is 0. The molecule has 84 valence electrons. The van der Waals surface area contributed by atoms with Crippen molar-refractivity contribution in [3.63, 3.8) is 0 Å². The second-order valence-corrected chi connectivity index (χ2v) is 4.33. The Morgan fingerprint density at radius 1 is 1.19 bits per heavy atom. The Kier molecular flexibility index (Phi) is 2.69. The van der Waals surface area contributed by atoms with Crippen LogP contribution in [0.25, 0.3) is 11.3 Å². The molecule has 2 N–H and O–H groups in total. The monoisotopic (exact) mass is 216 g/mol. The highest BCUT2D eigenvalue weighted by molar-refractivity contribution is 5.67. The van der Waals surface area contributed by atoms with Crippen molar-refractivity contribution in [3.05, 3.63) is 35.4 Å². The fourth-order valence-corrected chi connectivity index (χ4v) is 1.78. The average molecular weight is 216 g/mol. The van der Waals surface area contributed by atoms with Crippen LogP contribution in [0.1, 0.15) is 30.9 Å². The number of benzene rings is 1. The molecule has 3 nitrogen and oxygen atoms in total. The van der Waals surface area contributed by atoms with Crippen molar-refractivity contribution in [3.8, 4) is 11.3 Å². The lowest BCUT2D eigenvalue weighted by Crippen LogP contribution is -1.95. The normalized spacial score (nSPS) is 11.0. The Morgan fingerprint density at radius 3 is 2.38 bits per heavy atom. The van der Waals surface area contributed by atoms with Crippen LogP contribution in [0.5, 0.6) is 0 Å². The molecule has 0 aliphatic rings. The van der Waals surface area contributed by atoms with E-state index in [1.165, 1.54) is 5.56 Å². The standard InChI is InChI=1S/C13H16N2O/c1-8(2)11-12(16-15-13(11)14)10-6-4-9(3)5-7-10/h4-8H,1-3H3,(H2,14,15). The zero-order valence-corrected chi connectivity index (χ0v) is 9.82. The van der Waals surface area contributed by atoms with E-state index in [2.05, 4.69) is 38.1 Å². The van der Waals surface area contributed by atoms with Gasteiger partial charge >= 0.3 is 0 Å². The van der Waals surface area contributed by atoms with Crippen LogP contribution in [0.4, 0.5) is 5.82 Å². The van der Waals surface area contributed by atoms with Gasteiger partial charge in [0.1, 0.15) is 0 Å². The third kappa shape index (κ3) is 1.81. The summed E-state index contributed by atoms with van der Waals surface area (Å²) in [7, 11) is 0. The highest BCUT2D eigenvalue weighted by atomic mass is 16.5. The third-order valence-electron chi connectivity index (χ3n) is 2.65. The van der Waals surface area contributed by atoms with Gasteiger partial charge in [-0.2, -0.15) is 0 Å². The zero-order chi connectivity index (χ0) is 11.7. The molecule has 0 saturated carbocycles. The molecule has 16 heavy (non-hydrogen) atoms. The number of nitrogens with two attached hydrogens (primary N) is 1. The number of aromatic nitrogens is 1. The quantitative estimate of drug-likeness (QED) is 0.837. The Bertz CT molecular complexity index is 483. The van der Waals surface area contributed by atoms with E-state index in [1.54, 1.807) is 0 Å². The molecule has 3 heteroatoms. The molecule has 2 rings (SSSR count). The Balaban J connectivity index is 2.52. The molecule has 0 aliphatic carbocycles.